The van der Waals surface area contributed by atoms with Gasteiger partial charge >= 0.3 is 0 Å². The zero-order chi connectivity index (χ0) is 23.7. The van der Waals surface area contributed by atoms with Crippen LogP contribution in [-0.2, 0) is 4.79 Å². The highest BCUT2D eigenvalue weighted by atomic mass is 16.5. The van der Waals surface area contributed by atoms with E-state index in [1.807, 2.05) is 0 Å². The zero-order valence-corrected chi connectivity index (χ0v) is 18.1. The molecular formula is C26H19N3O5. The molecule has 8 heteroatoms. The number of carbonyl (C=O) groups excluding carboxylic acids is 2. The van der Waals surface area contributed by atoms with Crippen molar-refractivity contribution in [2.24, 2.45) is 0 Å². The van der Waals surface area contributed by atoms with Crippen LogP contribution >= 0.6 is 0 Å². The molecule has 1 atom stereocenters. The zero-order valence-electron chi connectivity index (χ0n) is 18.1. The molecule has 0 bridgehead atoms. The van der Waals surface area contributed by atoms with Gasteiger partial charge in [-0.1, -0.05) is 35.5 Å². The van der Waals surface area contributed by atoms with Crippen LogP contribution in [0.1, 0.15) is 22.0 Å². The number of anilines is 1. The summed E-state index contributed by atoms with van der Waals surface area (Å²) in [5.74, 6) is -1.30. The number of aliphatic hydroxyl groups excluding tert-OH is 1. The number of Topliss-reactive ketones (excluding diaryl/α,β-unsaturated/α-hetero) is 1. The summed E-state index contributed by atoms with van der Waals surface area (Å²) in [5.41, 5.74) is 2.72. The van der Waals surface area contributed by atoms with Gasteiger partial charge in [-0.15, -0.1) is 0 Å². The quantitative estimate of drug-likeness (QED) is 0.428. The number of nitrogens with zero attached hydrogens (tertiary/aromatic N) is 3. The van der Waals surface area contributed by atoms with Crippen molar-refractivity contribution in [1.29, 1.82) is 0 Å². The first-order valence-electron chi connectivity index (χ1n) is 10.5. The molecule has 0 saturated carbocycles. The molecular weight excluding hydrogens is 434 g/mol. The summed E-state index contributed by atoms with van der Waals surface area (Å²) in [5, 5.41) is 14.8. The number of hydrogen-bond acceptors (Lipinski definition) is 7. The summed E-state index contributed by atoms with van der Waals surface area (Å²) < 4.78 is 10.4. The van der Waals surface area contributed by atoms with Gasteiger partial charge in [0.2, 0.25) is 0 Å². The van der Waals surface area contributed by atoms with Crippen LogP contribution < -0.4 is 9.64 Å². The van der Waals surface area contributed by atoms with Crippen LogP contribution in [0, 0.1) is 0 Å². The Morgan fingerprint density at radius 3 is 2.53 bits per heavy atom. The predicted octanol–water partition coefficient (Wildman–Crippen LogP) is 4.53. The normalized spacial score (nSPS) is 15.6. The maximum atomic E-state index is 13.5. The minimum absolute atomic E-state index is 0.0388. The highest BCUT2D eigenvalue weighted by Crippen LogP contribution is 2.44. The Hall–Kier alpha value is -4.72. The first kappa shape index (κ1) is 21.1. The molecule has 2 aromatic heterocycles. The van der Waals surface area contributed by atoms with Gasteiger partial charge in [0, 0.05) is 40.8 Å². The summed E-state index contributed by atoms with van der Waals surface area (Å²) in [4.78, 5) is 32.2. The fourth-order valence-corrected chi connectivity index (χ4v) is 4.10. The van der Waals surface area contributed by atoms with Gasteiger partial charge in [0.25, 0.3) is 5.91 Å². The fourth-order valence-electron chi connectivity index (χ4n) is 4.10. The number of aliphatic hydroxyl groups is 1. The third-order valence-electron chi connectivity index (χ3n) is 5.69. The number of pyridine rings is 1. The maximum absolute atomic E-state index is 13.5. The SMILES string of the molecule is COc1ccccc1C1C(C(=O)c2cccnc2)=C(O)C(=O)N1c1ccc(-c2ccon2)cc1. The standard InChI is InChI=1S/C26H19N3O5/c1-33-21-7-3-2-6-19(21)23-22(24(30)17-5-4-13-27-15-17)25(31)26(32)29(23)18-10-8-16(9-11-18)20-12-14-34-28-20/h2-15,23,31H,1H3. The molecule has 1 amide bonds. The van der Waals surface area contributed by atoms with Crippen LogP contribution in [0.4, 0.5) is 5.69 Å². The van der Waals surface area contributed by atoms with Gasteiger partial charge in [-0.25, -0.2) is 0 Å². The molecule has 0 aliphatic carbocycles. The topological polar surface area (TPSA) is 106 Å². The van der Waals surface area contributed by atoms with Crippen LogP contribution in [0.15, 0.2) is 101 Å². The van der Waals surface area contributed by atoms with E-state index in [2.05, 4.69) is 10.1 Å². The van der Waals surface area contributed by atoms with Crippen LogP contribution in [-0.4, -0.2) is 34.0 Å². The number of ketones is 1. The Kier molecular flexibility index (Phi) is 5.39. The molecule has 0 spiro atoms. The number of benzene rings is 2. The third-order valence-corrected chi connectivity index (χ3v) is 5.69. The molecule has 2 aromatic carbocycles. The molecule has 1 aliphatic rings. The van der Waals surface area contributed by atoms with Gasteiger partial charge in [0.05, 0.1) is 18.7 Å². The van der Waals surface area contributed by atoms with Crippen molar-refractivity contribution in [2.75, 3.05) is 12.0 Å². The second-order valence-electron chi connectivity index (χ2n) is 7.58. The minimum Gasteiger partial charge on any atom is -0.503 e. The third kappa shape index (κ3) is 3.51. The maximum Gasteiger partial charge on any atom is 0.294 e. The first-order chi connectivity index (χ1) is 16.6. The van der Waals surface area contributed by atoms with E-state index in [0.717, 1.165) is 5.56 Å². The van der Waals surface area contributed by atoms with Gasteiger partial charge in [-0.3, -0.25) is 19.5 Å². The lowest BCUT2D eigenvalue weighted by Gasteiger charge is -2.28. The van der Waals surface area contributed by atoms with E-state index in [1.165, 1.54) is 24.5 Å². The van der Waals surface area contributed by atoms with E-state index in [1.54, 1.807) is 72.9 Å². The highest BCUT2D eigenvalue weighted by molar-refractivity contribution is 6.21. The summed E-state index contributed by atoms with van der Waals surface area (Å²) in [6, 6.07) is 18.2. The Morgan fingerprint density at radius 2 is 1.85 bits per heavy atom. The smallest absolute Gasteiger partial charge is 0.294 e. The monoisotopic (exact) mass is 453 g/mol. The lowest BCUT2D eigenvalue weighted by atomic mass is 9.92. The van der Waals surface area contributed by atoms with E-state index in [-0.39, 0.29) is 11.1 Å². The Bertz CT molecular complexity index is 1380. The number of amides is 1. The number of rotatable bonds is 6. The lowest BCUT2D eigenvalue weighted by molar-refractivity contribution is -0.117. The molecule has 5 rings (SSSR count). The van der Waals surface area contributed by atoms with E-state index in [4.69, 9.17) is 9.26 Å². The summed E-state index contributed by atoms with van der Waals surface area (Å²) >= 11 is 0. The lowest BCUT2D eigenvalue weighted by Crippen LogP contribution is -2.31. The van der Waals surface area contributed by atoms with Gasteiger partial charge < -0.3 is 14.4 Å². The van der Waals surface area contributed by atoms with E-state index < -0.39 is 23.5 Å². The molecule has 4 aromatic rings. The van der Waals surface area contributed by atoms with Gasteiger partial charge in [-0.05, 0) is 30.3 Å². The second kappa shape index (κ2) is 8.67. The van der Waals surface area contributed by atoms with Crippen molar-refractivity contribution in [3.8, 4) is 17.0 Å². The molecule has 0 fully saturated rings. The molecule has 168 valence electrons. The van der Waals surface area contributed by atoms with Gasteiger partial charge in [0.15, 0.2) is 11.5 Å². The summed E-state index contributed by atoms with van der Waals surface area (Å²) in [6.07, 6.45) is 4.43. The molecule has 0 radical (unpaired) electrons. The average Bonchev–Trinajstić information content (AvgIpc) is 3.51. The highest BCUT2D eigenvalue weighted by Gasteiger charge is 2.45. The number of para-hydroxylation sites is 1. The van der Waals surface area contributed by atoms with Crippen molar-refractivity contribution in [2.45, 2.75) is 6.04 Å². The Morgan fingerprint density at radius 1 is 1.06 bits per heavy atom. The van der Waals surface area contributed by atoms with Crippen molar-refractivity contribution in [3.63, 3.8) is 0 Å². The van der Waals surface area contributed by atoms with Crippen LogP contribution in [0.2, 0.25) is 0 Å². The number of hydrogen-bond donors (Lipinski definition) is 1. The van der Waals surface area contributed by atoms with Gasteiger partial charge in [0.1, 0.15) is 17.7 Å². The second-order valence-corrected chi connectivity index (χ2v) is 7.58. The van der Waals surface area contributed by atoms with Crippen molar-refractivity contribution >= 4 is 17.4 Å². The summed E-state index contributed by atoms with van der Waals surface area (Å²) in [6.45, 7) is 0. The van der Waals surface area contributed by atoms with Gasteiger partial charge in [-0.2, -0.15) is 0 Å². The number of methoxy groups -OCH3 is 1. The molecule has 1 aliphatic heterocycles. The van der Waals surface area contributed by atoms with Crippen molar-refractivity contribution in [1.82, 2.24) is 10.1 Å². The Labute approximate surface area is 194 Å². The molecule has 1 unspecified atom stereocenters. The minimum atomic E-state index is -0.908. The first-order valence-corrected chi connectivity index (χ1v) is 10.5. The fraction of sp³-hybridized carbons (Fsp3) is 0.0769. The Balaban J connectivity index is 1.64. The van der Waals surface area contributed by atoms with Crippen molar-refractivity contribution < 1.29 is 24.0 Å². The predicted molar refractivity (Wildman–Crippen MR) is 123 cm³/mol. The number of aromatic nitrogens is 2. The number of carbonyl (C=O) groups is 2. The van der Waals surface area contributed by atoms with E-state index in [0.29, 0.717) is 22.7 Å². The van der Waals surface area contributed by atoms with E-state index >= 15 is 0 Å². The molecule has 8 nitrogen and oxygen atoms in total. The molecule has 3 heterocycles. The van der Waals surface area contributed by atoms with Crippen LogP contribution in [0.5, 0.6) is 5.75 Å². The average molecular weight is 453 g/mol. The molecule has 0 saturated heterocycles. The van der Waals surface area contributed by atoms with E-state index in [9.17, 15) is 14.7 Å². The number of ether oxygens (including phenoxy) is 1. The largest absolute Gasteiger partial charge is 0.503 e. The molecule has 1 N–H and O–H groups in total. The summed E-state index contributed by atoms with van der Waals surface area (Å²) in [7, 11) is 1.51. The van der Waals surface area contributed by atoms with Crippen LogP contribution in [0.25, 0.3) is 11.3 Å². The van der Waals surface area contributed by atoms with Crippen molar-refractivity contribution in [3.05, 3.63) is 108 Å². The van der Waals surface area contributed by atoms with Crippen LogP contribution in [0.3, 0.4) is 0 Å². The molecule has 34 heavy (non-hydrogen) atoms.